The SMILES string of the molecule is CC1COC(=O)O1.CCC1CCC(CO)CC1.CCCCCCCO.CCCCCO.CCCCOCCC.CCCOCCO. The number of cyclic esters (lactones) is 2. The van der Waals surface area contributed by atoms with Gasteiger partial charge in [0.15, 0.2) is 0 Å². The largest absolute Gasteiger partial charge is 0.508 e. The van der Waals surface area contributed by atoms with Crippen LogP contribution in [0.1, 0.15) is 158 Å². The topological polar surface area (TPSA) is 135 Å². The van der Waals surface area contributed by atoms with Gasteiger partial charge in [0.2, 0.25) is 0 Å². The number of carbonyl (C=O) groups excluding carboxylic acids is 1. The highest BCUT2D eigenvalue weighted by molar-refractivity contribution is 5.61. The second-order valence-corrected chi connectivity index (χ2v) is 11.8. The van der Waals surface area contributed by atoms with Crippen molar-refractivity contribution in [1.82, 2.24) is 0 Å². The van der Waals surface area contributed by atoms with E-state index in [9.17, 15) is 4.79 Å². The first-order chi connectivity index (χ1) is 22.3. The van der Waals surface area contributed by atoms with Crippen LogP contribution in [0.2, 0.25) is 0 Å². The molecule has 0 radical (unpaired) electrons. The van der Waals surface area contributed by atoms with Gasteiger partial charge >= 0.3 is 6.16 Å². The molecule has 0 aromatic heterocycles. The Morgan fingerprint density at radius 2 is 1.07 bits per heavy atom. The van der Waals surface area contributed by atoms with Crippen LogP contribution in [0.15, 0.2) is 0 Å². The summed E-state index contributed by atoms with van der Waals surface area (Å²) in [5.41, 5.74) is 0. The van der Waals surface area contributed by atoms with E-state index < -0.39 is 6.16 Å². The highest BCUT2D eigenvalue weighted by Crippen LogP contribution is 2.29. The zero-order valence-electron chi connectivity index (χ0n) is 31.4. The van der Waals surface area contributed by atoms with Gasteiger partial charge in [-0.1, -0.05) is 106 Å². The molecule has 0 amide bonds. The van der Waals surface area contributed by atoms with Gasteiger partial charge in [-0.25, -0.2) is 4.79 Å². The Balaban J connectivity index is -0.000000232. The molecular formula is C37H80O9. The summed E-state index contributed by atoms with van der Waals surface area (Å²) in [6.45, 7) is 19.5. The molecule has 1 unspecified atom stereocenters. The van der Waals surface area contributed by atoms with E-state index >= 15 is 0 Å². The number of rotatable bonds is 19. The van der Waals surface area contributed by atoms with Crippen molar-refractivity contribution in [2.24, 2.45) is 11.8 Å². The van der Waals surface area contributed by atoms with E-state index in [1.54, 1.807) is 6.92 Å². The fourth-order valence-electron chi connectivity index (χ4n) is 4.12. The smallest absolute Gasteiger partial charge is 0.430 e. The van der Waals surface area contributed by atoms with Gasteiger partial charge in [-0.05, 0) is 63.7 Å². The van der Waals surface area contributed by atoms with Gasteiger partial charge in [0.25, 0.3) is 0 Å². The molecule has 4 N–H and O–H groups in total. The van der Waals surface area contributed by atoms with Crippen molar-refractivity contribution in [3.05, 3.63) is 0 Å². The molecule has 0 bridgehead atoms. The Bertz CT molecular complexity index is 471. The molecule has 2 aliphatic rings. The Hall–Kier alpha value is -0.970. The minimum absolute atomic E-state index is 0.0486. The van der Waals surface area contributed by atoms with Crippen molar-refractivity contribution in [2.75, 3.05) is 59.5 Å². The summed E-state index contributed by atoms with van der Waals surface area (Å²) in [5, 5.41) is 33.6. The van der Waals surface area contributed by atoms with Crippen molar-refractivity contribution in [3.8, 4) is 0 Å². The Kier molecular flexibility index (Phi) is 54.6. The second-order valence-electron chi connectivity index (χ2n) is 11.8. The summed E-state index contributed by atoms with van der Waals surface area (Å²) in [4.78, 5) is 10.0. The Morgan fingerprint density at radius 3 is 1.41 bits per heavy atom. The van der Waals surface area contributed by atoms with Crippen LogP contribution in [0, 0.1) is 11.8 Å². The molecular weight excluding hydrogens is 588 g/mol. The fraction of sp³-hybridized carbons (Fsp3) is 0.973. The molecule has 1 heterocycles. The molecule has 0 aromatic carbocycles. The van der Waals surface area contributed by atoms with Gasteiger partial charge in [0, 0.05) is 39.6 Å². The lowest BCUT2D eigenvalue weighted by Crippen LogP contribution is -2.16. The first kappa shape index (κ1) is 51.9. The first-order valence-electron chi connectivity index (χ1n) is 18.7. The maximum Gasteiger partial charge on any atom is 0.508 e. The summed E-state index contributed by atoms with van der Waals surface area (Å²) in [7, 11) is 0. The van der Waals surface area contributed by atoms with Gasteiger partial charge in [0.1, 0.15) is 12.7 Å². The lowest BCUT2D eigenvalue weighted by atomic mass is 9.81. The highest BCUT2D eigenvalue weighted by Gasteiger charge is 2.19. The fourth-order valence-corrected chi connectivity index (χ4v) is 4.12. The molecule has 1 saturated heterocycles. The molecule has 1 saturated carbocycles. The normalized spacial score (nSPS) is 17.9. The highest BCUT2D eigenvalue weighted by atomic mass is 16.8. The Labute approximate surface area is 285 Å². The average Bonchev–Trinajstić information content (AvgIpc) is 3.47. The van der Waals surface area contributed by atoms with Crippen molar-refractivity contribution < 1.29 is 44.2 Å². The number of hydrogen-bond acceptors (Lipinski definition) is 9. The minimum Gasteiger partial charge on any atom is -0.430 e. The van der Waals surface area contributed by atoms with Crippen LogP contribution in [0.3, 0.4) is 0 Å². The standard InChI is InChI=1S/C9H18O.2C7H16O.C5H12O2.C5H12O.C4H6O3/c1-2-8-3-5-9(7-10)6-4-8;1-3-5-7-8-6-4-2;1-2-3-4-5-6-7-8;1-2-4-7-5-3-6;1-2-3-4-5-6;1-3-2-6-4(5)7-3/h8-10H,2-7H2,1H3;3-7H2,1-2H3;8H,2-7H2,1H3;6H,2-5H2,1H3;6H,2-5H2,1H3;3H,2H2,1H3. The lowest BCUT2D eigenvalue weighted by molar-refractivity contribution is 0.0928. The predicted molar refractivity (Wildman–Crippen MR) is 191 cm³/mol. The van der Waals surface area contributed by atoms with E-state index in [1.807, 2.05) is 6.92 Å². The van der Waals surface area contributed by atoms with E-state index in [0.29, 0.717) is 39.0 Å². The molecule has 1 aliphatic carbocycles. The van der Waals surface area contributed by atoms with E-state index in [0.717, 1.165) is 57.8 Å². The van der Waals surface area contributed by atoms with E-state index in [1.165, 1.54) is 77.0 Å². The molecule has 1 atom stereocenters. The maximum atomic E-state index is 10.0. The van der Waals surface area contributed by atoms with E-state index in [-0.39, 0.29) is 12.7 Å². The van der Waals surface area contributed by atoms with Gasteiger partial charge in [-0.3, -0.25) is 0 Å². The van der Waals surface area contributed by atoms with Crippen molar-refractivity contribution in [2.45, 2.75) is 164 Å². The van der Waals surface area contributed by atoms with Crippen LogP contribution in [0.4, 0.5) is 4.79 Å². The van der Waals surface area contributed by atoms with E-state index in [4.69, 9.17) is 29.9 Å². The summed E-state index contributed by atoms with van der Waals surface area (Å²) < 4.78 is 19.0. The number of ether oxygens (including phenoxy) is 4. The summed E-state index contributed by atoms with van der Waals surface area (Å²) >= 11 is 0. The van der Waals surface area contributed by atoms with Crippen LogP contribution in [-0.4, -0.2) is 92.1 Å². The third kappa shape index (κ3) is 49.9. The van der Waals surface area contributed by atoms with Gasteiger partial charge < -0.3 is 39.4 Å². The maximum absolute atomic E-state index is 10.0. The number of aliphatic hydroxyl groups is 4. The molecule has 46 heavy (non-hydrogen) atoms. The van der Waals surface area contributed by atoms with Gasteiger partial charge in [-0.2, -0.15) is 0 Å². The monoisotopic (exact) mass is 669 g/mol. The molecule has 2 fully saturated rings. The molecule has 9 nitrogen and oxygen atoms in total. The summed E-state index contributed by atoms with van der Waals surface area (Å²) in [6, 6.07) is 0. The van der Waals surface area contributed by atoms with Crippen LogP contribution < -0.4 is 0 Å². The molecule has 282 valence electrons. The predicted octanol–water partition coefficient (Wildman–Crippen LogP) is 8.47. The molecule has 0 aromatic rings. The van der Waals surface area contributed by atoms with E-state index in [2.05, 4.69) is 44.1 Å². The van der Waals surface area contributed by atoms with Crippen LogP contribution in [0.5, 0.6) is 0 Å². The summed E-state index contributed by atoms with van der Waals surface area (Å²) in [6.07, 6.45) is 20.0. The van der Waals surface area contributed by atoms with Gasteiger partial charge in [0.05, 0.1) is 13.2 Å². The average molecular weight is 669 g/mol. The zero-order chi connectivity index (χ0) is 35.5. The molecule has 1 aliphatic heterocycles. The molecule has 0 spiro atoms. The summed E-state index contributed by atoms with van der Waals surface area (Å²) in [5.74, 6) is 1.59. The molecule has 9 heteroatoms. The van der Waals surface area contributed by atoms with Crippen LogP contribution in [-0.2, 0) is 18.9 Å². The third-order valence-electron chi connectivity index (χ3n) is 7.13. The van der Waals surface area contributed by atoms with Crippen molar-refractivity contribution in [3.63, 3.8) is 0 Å². The number of unbranched alkanes of at least 4 members (excludes halogenated alkanes) is 7. The Morgan fingerprint density at radius 1 is 0.587 bits per heavy atom. The quantitative estimate of drug-likeness (QED) is 0.0789. The first-order valence-corrected chi connectivity index (χ1v) is 18.7. The number of aliphatic hydroxyl groups excluding tert-OH is 4. The second kappa shape index (κ2) is 48.4. The number of carbonyl (C=O) groups is 1. The van der Waals surface area contributed by atoms with Crippen LogP contribution >= 0.6 is 0 Å². The van der Waals surface area contributed by atoms with Crippen LogP contribution in [0.25, 0.3) is 0 Å². The lowest BCUT2D eigenvalue weighted by Gasteiger charge is -2.26. The zero-order valence-corrected chi connectivity index (χ0v) is 31.4. The number of hydrogen-bond donors (Lipinski definition) is 4. The van der Waals surface area contributed by atoms with Crippen molar-refractivity contribution >= 4 is 6.16 Å². The third-order valence-corrected chi connectivity index (χ3v) is 7.13. The van der Waals surface area contributed by atoms with Crippen molar-refractivity contribution in [1.29, 1.82) is 0 Å². The van der Waals surface area contributed by atoms with Gasteiger partial charge in [-0.15, -0.1) is 0 Å². The molecule has 2 rings (SSSR count). The minimum atomic E-state index is -0.549.